The molecule has 0 aromatic carbocycles. The number of rotatable bonds is 28. The third-order valence-corrected chi connectivity index (χ3v) is 14.5. The molecule has 0 radical (unpaired) electrons. The molecule has 220 valence electrons. The van der Waals surface area contributed by atoms with Crippen LogP contribution in [0.25, 0.3) is 0 Å². The van der Waals surface area contributed by atoms with Gasteiger partial charge in [-0.1, -0.05) is 23.5 Å². The van der Waals surface area contributed by atoms with E-state index in [1.807, 2.05) is 0 Å². The van der Waals surface area contributed by atoms with Gasteiger partial charge in [-0.3, -0.25) is 18.0 Å². The lowest BCUT2D eigenvalue weighted by Gasteiger charge is -2.04. The Balaban J connectivity index is 3.40. The Kier molecular flexibility index (Phi) is 32.6. The van der Waals surface area contributed by atoms with Gasteiger partial charge in [0.15, 0.2) is 10.2 Å². The van der Waals surface area contributed by atoms with Gasteiger partial charge in [0.25, 0.3) is 0 Å². The van der Waals surface area contributed by atoms with Gasteiger partial charge < -0.3 is 10.2 Å². The molecule has 0 saturated carbocycles. The zero-order valence-electron chi connectivity index (χ0n) is 21.3. The normalized spacial score (nSPS) is 13.0. The standard InChI is InChI=1S/C22H42O6S9/c23-19-32-10-12-35-22(26)4-8-29-5-1-15-36(27)17-13-31-9-11-34-21(25)3-7-30-6-2-16-37(28)18-14-33-20-24/h23-24H,1-20H2. The minimum Gasteiger partial charge on any atom is -0.386 e. The molecule has 0 aliphatic rings. The maximum atomic E-state index is 12.1. The Bertz CT molecular complexity index is 613. The van der Waals surface area contributed by atoms with Crippen LogP contribution in [0.2, 0.25) is 0 Å². The molecule has 6 nitrogen and oxygen atoms in total. The van der Waals surface area contributed by atoms with Gasteiger partial charge in [-0.25, -0.2) is 0 Å². The van der Waals surface area contributed by atoms with Gasteiger partial charge in [-0.2, -0.15) is 35.3 Å². The van der Waals surface area contributed by atoms with Crippen molar-refractivity contribution in [3.8, 4) is 0 Å². The van der Waals surface area contributed by atoms with Gasteiger partial charge in [0.1, 0.15) is 0 Å². The van der Waals surface area contributed by atoms with Crippen LogP contribution in [0.5, 0.6) is 0 Å². The largest absolute Gasteiger partial charge is 0.386 e. The van der Waals surface area contributed by atoms with E-state index in [9.17, 15) is 18.0 Å². The monoisotopic (exact) mass is 690 g/mol. The summed E-state index contributed by atoms with van der Waals surface area (Å²) in [5.74, 6) is 11.2. The highest BCUT2D eigenvalue weighted by atomic mass is 32.2. The van der Waals surface area contributed by atoms with E-state index in [1.54, 1.807) is 35.3 Å². The van der Waals surface area contributed by atoms with Gasteiger partial charge >= 0.3 is 0 Å². The maximum Gasteiger partial charge on any atom is 0.189 e. The highest BCUT2D eigenvalue weighted by molar-refractivity contribution is 8.14. The molecule has 0 aromatic rings. The topological polar surface area (TPSA) is 109 Å². The van der Waals surface area contributed by atoms with Crippen LogP contribution in [0, 0.1) is 0 Å². The molecule has 0 bridgehead atoms. The molecule has 0 aliphatic carbocycles. The van der Waals surface area contributed by atoms with Crippen LogP contribution < -0.4 is 0 Å². The van der Waals surface area contributed by atoms with Gasteiger partial charge in [0, 0.05) is 103 Å². The van der Waals surface area contributed by atoms with E-state index >= 15 is 0 Å². The smallest absolute Gasteiger partial charge is 0.189 e. The third-order valence-electron chi connectivity index (χ3n) is 4.30. The molecule has 0 saturated heterocycles. The lowest BCUT2D eigenvalue weighted by molar-refractivity contribution is -0.111. The molecule has 0 aromatic heterocycles. The first-order valence-corrected chi connectivity index (χ1v) is 22.8. The number of carbonyl (C=O) groups excluding carboxylic acids is 2. The summed E-state index contributed by atoms with van der Waals surface area (Å²) in [6, 6.07) is 0. The van der Waals surface area contributed by atoms with Crippen molar-refractivity contribution in [2.75, 3.05) is 92.4 Å². The van der Waals surface area contributed by atoms with Gasteiger partial charge in [-0.05, 0) is 24.3 Å². The van der Waals surface area contributed by atoms with Crippen molar-refractivity contribution in [2.45, 2.75) is 25.7 Å². The maximum absolute atomic E-state index is 12.1. The molecule has 2 atom stereocenters. The molecule has 37 heavy (non-hydrogen) atoms. The van der Waals surface area contributed by atoms with E-state index in [4.69, 9.17) is 10.2 Å². The minimum atomic E-state index is -0.808. The minimum absolute atomic E-state index is 0.0823. The van der Waals surface area contributed by atoms with Crippen LogP contribution in [0.4, 0.5) is 0 Å². The van der Waals surface area contributed by atoms with Crippen LogP contribution in [-0.2, 0) is 31.2 Å². The molecule has 0 rings (SSSR count). The predicted molar refractivity (Wildman–Crippen MR) is 180 cm³/mol. The number of thioether (sulfide) groups is 7. The third kappa shape index (κ3) is 30.8. The van der Waals surface area contributed by atoms with Gasteiger partial charge in [0.2, 0.25) is 0 Å². The Hall–Kier alpha value is 2.01. The van der Waals surface area contributed by atoms with E-state index in [0.717, 1.165) is 70.4 Å². The molecule has 0 amide bonds. The fourth-order valence-corrected chi connectivity index (χ4v) is 11.7. The number of aliphatic hydroxyl groups excluding tert-OH is 2. The van der Waals surface area contributed by atoms with Crippen molar-refractivity contribution in [3.05, 3.63) is 0 Å². The highest BCUT2D eigenvalue weighted by Gasteiger charge is 2.06. The Labute approximate surface area is 258 Å². The Morgan fingerprint density at radius 1 is 0.486 bits per heavy atom. The number of hydrogen-bond donors (Lipinski definition) is 2. The summed E-state index contributed by atoms with van der Waals surface area (Å²) < 4.78 is 23.9. The van der Waals surface area contributed by atoms with E-state index in [1.165, 1.54) is 47.0 Å². The zero-order valence-corrected chi connectivity index (χ0v) is 28.7. The van der Waals surface area contributed by atoms with Crippen molar-refractivity contribution in [1.82, 2.24) is 0 Å². The summed E-state index contributed by atoms with van der Waals surface area (Å²) >= 11 is 10.8. The first kappa shape index (κ1) is 39.0. The van der Waals surface area contributed by atoms with Crippen LogP contribution >= 0.6 is 82.3 Å². The van der Waals surface area contributed by atoms with Crippen LogP contribution in [-0.4, -0.2) is 121 Å². The number of carbonyl (C=O) groups is 2. The summed E-state index contributed by atoms with van der Waals surface area (Å²) in [4.78, 5) is 23.7. The molecular formula is C22H42O6S9. The van der Waals surface area contributed by atoms with Gasteiger partial charge in [-0.15, -0.1) is 23.5 Å². The Morgan fingerprint density at radius 2 is 0.892 bits per heavy atom. The van der Waals surface area contributed by atoms with Crippen molar-refractivity contribution < 1.29 is 28.2 Å². The molecule has 0 aliphatic heterocycles. The second-order valence-electron chi connectivity index (χ2n) is 7.26. The fourth-order valence-electron chi connectivity index (χ4n) is 2.47. The van der Waals surface area contributed by atoms with Crippen molar-refractivity contribution in [2.24, 2.45) is 0 Å². The summed E-state index contributed by atoms with van der Waals surface area (Å²) in [6.07, 6.45) is 2.93. The highest BCUT2D eigenvalue weighted by Crippen LogP contribution is 2.15. The average molecular weight is 691 g/mol. The number of aliphatic hydroxyl groups is 2. The first-order valence-electron chi connectivity index (χ1n) is 12.1. The SMILES string of the molecule is O=C(CCSCCCS(=O)CCSCCSC(=O)CCSCCCS(=O)CCSCO)SCCSCO. The van der Waals surface area contributed by atoms with E-state index < -0.39 is 21.6 Å². The molecule has 0 heterocycles. The van der Waals surface area contributed by atoms with Crippen molar-refractivity contribution in [1.29, 1.82) is 0 Å². The van der Waals surface area contributed by atoms with Gasteiger partial charge in [0.05, 0.1) is 11.9 Å². The van der Waals surface area contributed by atoms with Crippen molar-refractivity contribution >= 4 is 114 Å². The summed E-state index contributed by atoms with van der Waals surface area (Å²) in [6.45, 7) is 0. The second-order valence-corrected chi connectivity index (χ2v) is 18.8. The summed E-state index contributed by atoms with van der Waals surface area (Å²) in [5.41, 5.74) is 0. The van der Waals surface area contributed by atoms with Crippen molar-refractivity contribution in [3.63, 3.8) is 0 Å². The predicted octanol–water partition coefficient (Wildman–Crippen LogP) is 4.13. The first-order chi connectivity index (χ1) is 18.0. The van der Waals surface area contributed by atoms with Crippen LogP contribution in [0.3, 0.4) is 0 Å². The lowest BCUT2D eigenvalue weighted by Crippen LogP contribution is -2.07. The molecular weight excluding hydrogens is 649 g/mol. The zero-order chi connectivity index (χ0) is 27.4. The second kappa shape index (κ2) is 31.0. The Morgan fingerprint density at radius 3 is 1.38 bits per heavy atom. The molecule has 2 unspecified atom stereocenters. The molecule has 15 heteroatoms. The average Bonchev–Trinajstić information content (AvgIpc) is 2.88. The lowest BCUT2D eigenvalue weighted by atomic mass is 10.5. The quantitative estimate of drug-likeness (QED) is 0.0909. The van der Waals surface area contributed by atoms with E-state index in [0.29, 0.717) is 35.9 Å². The summed E-state index contributed by atoms with van der Waals surface area (Å²) in [7, 11) is -1.61. The fraction of sp³-hybridized carbons (Fsp3) is 0.909. The molecule has 0 spiro atoms. The van der Waals surface area contributed by atoms with E-state index in [-0.39, 0.29) is 22.1 Å². The summed E-state index contributed by atoms with van der Waals surface area (Å²) in [5, 5.41) is 17.8. The van der Waals surface area contributed by atoms with Crippen LogP contribution in [0.15, 0.2) is 0 Å². The van der Waals surface area contributed by atoms with Crippen LogP contribution in [0.1, 0.15) is 25.7 Å². The number of hydrogen-bond acceptors (Lipinski definition) is 13. The van der Waals surface area contributed by atoms with E-state index in [2.05, 4.69) is 0 Å². The molecule has 0 fully saturated rings. The molecule has 2 N–H and O–H groups in total.